The van der Waals surface area contributed by atoms with Crippen LogP contribution in [0.4, 0.5) is 0 Å². The van der Waals surface area contributed by atoms with Gasteiger partial charge in [-0.05, 0) is 43.4 Å². The van der Waals surface area contributed by atoms with Crippen molar-refractivity contribution in [2.75, 3.05) is 6.54 Å². The molecule has 0 saturated carbocycles. The molecule has 0 spiro atoms. The van der Waals surface area contributed by atoms with Gasteiger partial charge in [-0.25, -0.2) is 0 Å². The Labute approximate surface area is 117 Å². The van der Waals surface area contributed by atoms with E-state index in [1.54, 1.807) is 0 Å². The van der Waals surface area contributed by atoms with Gasteiger partial charge in [0.05, 0.1) is 6.07 Å². The molecule has 0 bridgehead atoms. The van der Waals surface area contributed by atoms with Crippen LogP contribution in [0.2, 0.25) is 0 Å². The van der Waals surface area contributed by atoms with Crippen LogP contribution in [0.15, 0.2) is 28.7 Å². The first-order valence-electron chi connectivity index (χ1n) is 6.70. The molecule has 94 valence electrons. The summed E-state index contributed by atoms with van der Waals surface area (Å²) in [5.41, 5.74) is 0.795. The fourth-order valence-electron chi connectivity index (χ4n) is 3.54. The van der Waals surface area contributed by atoms with E-state index in [0.717, 1.165) is 23.0 Å². The fourth-order valence-corrected chi connectivity index (χ4v) is 3.81. The molecule has 2 nitrogen and oxygen atoms in total. The highest BCUT2D eigenvalue weighted by molar-refractivity contribution is 9.10. The van der Waals surface area contributed by atoms with E-state index >= 15 is 0 Å². The van der Waals surface area contributed by atoms with E-state index in [2.05, 4.69) is 39.0 Å². The highest BCUT2D eigenvalue weighted by atomic mass is 79.9. The van der Waals surface area contributed by atoms with E-state index in [-0.39, 0.29) is 5.54 Å². The van der Waals surface area contributed by atoms with Crippen molar-refractivity contribution in [3.8, 4) is 6.07 Å². The molecular formula is C15H17BrN2. The topological polar surface area (TPSA) is 27.0 Å². The molecule has 3 heteroatoms. The summed E-state index contributed by atoms with van der Waals surface area (Å²) in [6.45, 7) is 1.08. The molecular weight excluding hydrogens is 288 g/mol. The van der Waals surface area contributed by atoms with Crippen LogP contribution in [0.5, 0.6) is 0 Å². The van der Waals surface area contributed by atoms with Gasteiger partial charge in [-0.1, -0.05) is 34.5 Å². The van der Waals surface area contributed by atoms with E-state index < -0.39 is 0 Å². The zero-order chi connectivity index (χ0) is 12.6. The van der Waals surface area contributed by atoms with Gasteiger partial charge in [-0.15, -0.1) is 0 Å². The minimum atomic E-state index is -0.369. The summed E-state index contributed by atoms with van der Waals surface area (Å²) in [6.07, 6.45) is 5.97. The summed E-state index contributed by atoms with van der Waals surface area (Å²) >= 11 is 3.47. The highest BCUT2D eigenvalue weighted by Gasteiger charge is 2.48. The normalized spacial score (nSPS) is 31.9. The van der Waals surface area contributed by atoms with Crippen molar-refractivity contribution in [2.24, 2.45) is 0 Å². The summed E-state index contributed by atoms with van der Waals surface area (Å²) in [4.78, 5) is 2.46. The molecule has 2 heterocycles. The third-order valence-corrected chi connectivity index (χ3v) is 4.99. The molecule has 3 rings (SSSR count). The SMILES string of the molecule is N#CC1(c2ccc(Br)cc2)CC[C@H]2CCCCN21. The number of hydrogen-bond acceptors (Lipinski definition) is 2. The van der Waals surface area contributed by atoms with Gasteiger partial charge in [0, 0.05) is 17.1 Å². The lowest BCUT2D eigenvalue weighted by molar-refractivity contribution is 0.108. The maximum Gasteiger partial charge on any atom is 0.135 e. The van der Waals surface area contributed by atoms with Crippen LogP contribution in [0.3, 0.4) is 0 Å². The Morgan fingerprint density at radius 2 is 2.00 bits per heavy atom. The lowest BCUT2D eigenvalue weighted by Gasteiger charge is -2.39. The number of rotatable bonds is 1. The van der Waals surface area contributed by atoms with Crippen LogP contribution in [-0.2, 0) is 5.54 Å². The number of hydrogen-bond donors (Lipinski definition) is 0. The lowest BCUT2D eigenvalue weighted by Crippen LogP contribution is -2.46. The first-order chi connectivity index (χ1) is 8.76. The molecule has 2 aliphatic rings. The van der Waals surface area contributed by atoms with Crippen molar-refractivity contribution >= 4 is 15.9 Å². The first kappa shape index (κ1) is 12.2. The average molecular weight is 305 g/mol. The van der Waals surface area contributed by atoms with E-state index in [1.807, 2.05) is 12.1 Å². The Morgan fingerprint density at radius 3 is 2.72 bits per heavy atom. The number of benzene rings is 1. The van der Waals surface area contributed by atoms with Gasteiger partial charge in [0.15, 0.2) is 0 Å². The molecule has 0 aliphatic carbocycles. The molecule has 1 aromatic carbocycles. The van der Waals surface area contributed by atoms with Crippen LogP contribution >= 0.6 is 15.9 Å². The smallest absolute Gasteiger partial charge is 0.135 e. The maximum absolute atomic E-state index is 9.77. The Kier molecular flexibility index (Phi) is 3.17. The van der Waals surface area contributed by atoms with Crippen molar-refractivity contribution in [3.05, 3.63) is 34.3 Å². The van der Waals surface area contributed by atoms with Gasteiger partial charge in [-0.3, -0.25) is 4.90 Å². The summed E-state index contributed by atoms with van der Waals surface area (Å²) in [5, 5.41) is 9.77. The van der Waals surface area contributed by atoms with Crippen molar-refractivity contribution in [3.63, 3.8) is 0 Å². The van der Waals surface area contributed by atoms with Gasteiger partial charge in [-0.2, -0.15) is 5.26 Å². The predicted molar refractivity (Wildman–Crippen MR) is 75.0 cm³/mol. The standard InChI is InChI=1S/C15H17BrN2/c16-13-6-4-12(5-7-13)15(11-17)9-8-14-3-1-2-10-18(14)15/h4-7,14H,1-3,8-10H2/t14-,15?/m1/s1. The largest absolute Gasteiger partial charge is 0.279 e. The van der Waals surface area contributed by atoms with Crippen molar-refractivity contribution < 1.29 is 0 Å². The molecule has 2 saturated heterocycles. The number of nitriles is 1. The highest BCUT2D eigenvalue weighted by Crippen LogP contribution is 2.45. The van der Waals surface area contributed by atoms with E-state index in [9.17, 15) is 5.26 Å². The maximum atomic E-state index is 9.77. The van der Waals surface area contributed by atoms with Crippen LogP contribution in [0, 0.1) is 11.3 Å². The Balaban J connectivity index is 2.00. The van der Waals surface area contributed by atoms with Crippen LogP contribution < -0.4 is 0 Å². The summed E-state index contributed by atoms with van der Waals surface area (Å²) in [5.74, 6) is 0. The van der Waals surface area contributed by atoms with Gasteiger partial charge in [0.1, 0.15) is 5.54 Å². The summed E-state index contributed by atoms with van der Waals surface area (Å²) in [6, 6.07) is 11.5. The molecule has 0 amide bonds. The second-order valence-corrected chi connectivity index (χ2v) is 6.28. The summed E-state index contributed by atoms with van der Waals surface area (Å²) in [7, 11) is 0. The average Bonchev–Trinajstić information content (AvgIpc) is 2.80. The molecule has 1 unspecified atom stereocenters. The van der Waals surface area contributed by atoms with Crippen LogP contribution in [0.25, 0.3) is 0 Å². The molecule has 0 radical (unpaired) electrons. The predicted octanol–water partition coefficient (Wildman–Crippen LogP) is 3.82. The number of piperidine rings is 1. The lowest BCUT2D eigenvalue weighted by atomic mass is 9.88. The molecule has 18 heavy (non-hydrogen) atoms. The zero-order valence-corrected chi connectivity index (χ0v) is 12.0. The Bertz CT molecular complexity index is 476. The van der Waals surface area contributed by atoms with E-state index in [1.165, 1.54) is 25.7 Å². The minimum Gasteiger partial charge on any atom is -0.279 e. The third-order valence-electron chi connectivity index (χ3n) is 4.46. The summed E-state index contributed by atoms with van der Waals surface area (Å²) < 4.78 is 1.08. The first-order valence-corrected chi connectivity index (χ1v) is 7.50. The second kappa shape index (κ2) is 4.68. The van der Waals surface area contributed by atoms with Crippen LogP contribution in [0.1, 0.15) is 37.7 Å². The monoisotopic (exact) mass is 304 g/mol. The van der Waals surface area contributed by atoms with E-state index in [4.69, 9.17) is 0 Å². The fraction of sp³-hybridized carbons (Fsp3) is 0.533. The van der Waals surface area contributed by atoms with Crippen molar-refractivity contribution in [1.29, 1.82) is 5.26 Å². The molecule has 1 aromatic rings. The van der Waals surface area contributed by atoms with Crippen molar-refractivity contribution in [2.45, 2.75) is 43.7 Å². The quantitative estimate of drug-likeness (QED) is 0.789. The number of halogens is 1. The third kappa shape index (κ3) is 1.79. The molecule has 2 atom stereocenters. The van der Waals surface area contributed by atoms with Gasteiger partial charge in [0.2, 0.25) is 0 Å². The van der Waals surface area contributed by atoms with E-state index in [0.29, 0.717) is 6.04 Å². The number of nitrogens with zero attached hydrogens (tertiary/aromatic N) is 2. The van der Waals surface area contributed by atoms with Gasteiger partial charge in [0.25, 0.3) is 0 Å². The van der Waals surface area contributed by atoms with Gasteiger partial charge < -0.3 is 0 Å². The minimum absolute atomic E-state index is 0.369. The van der Waals surface area contributed by atoms with Gasteiger partial charge >= 0.3 is 0 Å². The second-order valence-electron chi connectivity index (χ2n) is 5.36. The van der Waals surface area contributed by atoms with Crippen LogP contribution in [-0.4, -0.2) is 17.5 Å². The Morgan fingerprint density at radius 1 is 1.22 bits per heavy atom. The molecule has 2 fully saturated rings. The molecule has 0 aromatic heterocycles. The number of fused-ring (bicyclic) bond motifs is 1. The Hall–Kier alpha value is -0.850. The molecule has 2 aliphatic heterocycles. The zero-order valence-electron chi connectivity index (χ0n) is 10.4. The molecule has 0 N–H and O–H groups in total. The van der Waals surface area contributed by atoms with Crippen molar-refractivity contribution in [1.82, 2.24) is 4.90 Å².